The van der Waals surface area contributed by atoms with Gasteiger partial charge in [0.2, 0.25) is 5.89 Å². The Morgan fingerprint density at radius 2 is 1.97 bits per heavy atom. The summed E-state index contributed by atoms with van der Waals surface area (Å²) < 4.78 is 62.5. The van der Waals surface area contributed by atoms with Crippen LogP contribution in [0.3, 0.4) is 0 Å². The highest BCUT2D eigenvalue weighted by atomic mass is 32.1. The first kappa shape index (κ1) is 27.0. The van der Waals surface area contributed by atoms with E-state index in [2.05, 4.69) is 20.0 Å². The number of hydrogen-bond acceptors (Lipinski definition) is 8. The van der Waals surface area contributed by atoms with E-state index in [0.29, 0.717) is 68.4 Å². The lowest BCUT2D eigenvalue weighted by atomic mass is 9.76. The van der Waals surface area contributed by atoms with E-state index in [-0.39, 0.29) is 18.1 Å². The van der Waals surface area contributed by atoms with Gasteiger partial charge in [-0.2, -0.15) is 18.2 Å². The van der Waals surface area contributed by atoms with Gasteiger partial charge in [0.1, 0.15) is 11.5 Å². The fourth-order valence-corrected chi connectivity index (χ4v) is 5.88. The van der Waals surface area contributed by atoms with Crippen LogP contribution in [-0.2, 0) is 24.1 Å². The Morgan fingerprint density at radius 1 is 1.22 bits per heavy atom. The van der Waals surface area contributed by atoms with Crippen LogP contribution in [0.5, 0.6) is 5.19 Å². The Labute approximate surface area is 211 Å². The van der Waals surface area contributed by atoms with Gasteiger partial charge in [-0.3, -0.25) is 4.79 Å². The molecule has 0 N–H and O–H groups in total. The quantitative estimate of drug-likeness (QED) is 0.396. The minimum Gasteiger partial charge on any atom is -0.470 e. The average molecular weight is 533 g/mol. The second-order valence-electron chi connectivity index (χ2n) is 9.90. The van der Waals surface area contributed by atoms with Crippen LogP contribution in [-0.4, -0.2) is 63.9 Å². The van der Waals surface area contributed by atoms with Gasteiger partial charge in [0, 0.05) is 44.3 Å². The first-order valence-electron chi connectivity index (χ1n) is 12.5. The van der Waals surface area contributed by atoms with Crippen LogP contribution in [0.2, 0.25) is 0 Å². The first-order chi connectivity index (χ1) is 17.1. The van der Waals surface area contributed by atoms with Gasteiger partial charge in [-0.15, -0.1) is 0 Å². The molecule has 1 fully saturated rings. The van der Waals surface area contributed by atoms with Crippen molar-refractivity contribution in [1.82, 2.24) is 20.0 Å². The first-order valence-corrected chi connectivity index (χ1v) is 13.3. The molecule has 2 aromatic heterocycles. The van der Waals surface area contributed by atoms with E-state index in [0.717, 1.165) is 30.1 Å². The number of nitrogens with zero attached hydrogens (tertiary/aromatic N) is 4. The Morgan fingerprint density at radius 3 is 2.67 bits per heavy atom. The molecule has 0 radical (unpaired) electrons. The summed E-state index contributed by atoms with van der Waals surface area (Å²) in [4.78, 5) is 24.0. The molecule has 4 rings (SSSR count). The molecule has 1 aliphatic heterocycles. The second kappa shape index (κ2) is 11.5. The Hall–Kier alpha value is -2.08. The normalized spacial score (nSPS) is 23.3. The van der Waals surface area contributed by atoms with E-state index < -0.39 is 24.9 Å². The maximum absolute atomic E-state index is 15.5. The summed E-state index contributed by atoms with van der Waals surface area (Å²) in [5, 5.41) is 4.06. The molecular weight excluding hydrogens is 500 g/mol. The van der Waals surface area contributed by atoms with Gasteiger partial charge in [-0.1, -0.05) is 16.5 Å². The van der Waals surface area contributed by atoms with Gasteiger partial charge < -0.3 is 14.2 Å². The summed E-state index contributed by atoms with van der Waals surface area (Å²) in [6.07, 6.45) is -0.446. The summed E-state index contributed by atoms with van der Waals surface area (Å²) in [5.74, 6) is 1.10. The van der Waals surface area contributed by atoms with Gasteiger partial charge in [0.15, 0.2) is 5.82 Å². The van der Waals surface area contributed by atoms with Crippen LogP contribution in [0, 0.1) is 12.8 Å². The molecule has 2 aliphatic rings. The molecule has 0 unspecified atom stereocenters. The fraction of sp³-hybridized carbons (Fsp3) is 0.750. The number of carbonyl (C=O) groups excluding carboxylic acids is 1. The van der Waals surface area contributed by atoms with Crippen molar-refractivity contribution in [3.63, 3.8) is 0 Å². The third-order valence-corrected chi connectivity index (χ3v) is 8.08. The molecule has 3 heterocycles. The van der Waals surface area contributed by atoms with E-state index in [9.17, 15) is 18.0 Å². The topological polar surface area (TPSA) is 81.4 Å². The Balaban J connectivity index is 1.16. The molecule has 0 aromatic carbocycles. The van der Waals surface area contributed by atoms with Crippen molar-refractivity contribution in [2.45, 2.75) is 83.0 Å². The van der Waals surface area contributed by atoms with Crippen LogP contribution in [0.4, 0.5) is 17.6 Å². The van der Waals surface area contributed by atoms with Crippen molar-refractivity contribution in [2.75, 3.05) is 26.2 Å². The Kier molecular flexibility index (Phi) is 8.64. The van der Waals surface area contributed by atoms with Gasteiger partial charge in [0.05, 0.1) is 25.1 Å². The molecule has 1 aliphatic carbocycles. The van der Waals surface area contributed by atoms with E-state index >= 15 is 4.39 Å². The standard InChI is InChI=1S/C24H32F4N4O3S/c1-16-29-21(31-35-16)15-18(33)14-17-2-6-23(25,7-3-17)8-12-32-10-4-19-20(5-11-32)36-22(30-19)34-13-9-24(26,27)28/h17H,2-15H2,1H3. The van der Waals surface area contributed by atoms with Crippen LogP contribution in [0.15, 0.2) is 4.52 Å². The molecule has 2 aromatic rings. The van der Waals surface area contributed by atoms with Crippen LogP contribution in [0.1, 0.15) is 67.2 Å². The van der Waals surface area contributed by atoms with Gasteiger partial charge >= 0.3 is 6.18 Å². The van der Waals surface area contributed by atoms with Crippen LogP contribution < -0.4 is 4.74 Å². The molecular formula is C24H32F4N4O3S. The van der Waals surface area contributed by atoms with Crippen LogP contribution >= 0.6 is 11.3 Å². The smallest absolute Gasteiger partial charge is 0.392 e. The number of ether oxygens (including phenoxy) is 1. The second-order valence-corrected chi connectivity index (χ2v) is 10.9. The lowest BCUT2D eigenvalue weighted by Gasteiger charge is -2.35. The molecule has 0 spiro atoms. The number of halogens is 4. The number of fused-ring (bicyclic) bond motifs is 1. The predicted molar refractivity (Wildman–Crippen MR) is 125 cm³/mol. The number of aromatic nitrogens is 3. The molecule has 0 atom stereocenters. The van der Waals surface area contributed by atoms with Crippen molar-refractivity contribution >= 4 is 17.1 Å². The largest absolute Gasteiger partial charge is 0.470 e. The predicted octanol–water partition coefficient (Wildman–Crippen LogP) is 5.06. The minimum atomic E-state index is -4.24. The zero-order valence-electron chi connectivity index (χ0n) is 20.4. The summed E-state index contributed by atoms with van der Waals surface area (Å²) in [6.45, 7) is 3.42. The fourth-order valence-electron chi connectivity index (χ4n) is 4.92. The van der Waals surface area contributed by atoms with E-state index in [1.54, 1.807) is 6.92 Å². The molecule has 0 bridgehead atoms. The van der Waals surface area contributed by atoms with E-state index in [1.165, 1.54) is 11.3 Å². The molecule has 36 heavy (non-hydrogen) atoms. The van der Waals surface area contributed by atoms with Crippen molar-refractivity contribution < 1.29 is 31.6 Å². The number of Topliss-reactive ketones (excluding diaryl/α,β-unsaturated/α-hetero) is 1. The number of rotatable bonds is 10. The zero-order chi connectivity index (χ0) is 25.8. The molecule has 0 saturated heterocycles. The van der Waals surface area contributed by atoms with Crippen LogP contribution in [0.25, 0.3) is 0 Å². The van der Waals surface area contributed by atoms with Crippen molar-refractivity contribution in [3.05, 3.63) is 22.3 Å². The van der Waals surface area contributed by atoms with Gasteiger partial charge in [0.25, 0.3) is 5.19 Å². The summed E-state index contributed by atoms with van der Waals surface area (Å²) in [6, 6.07) is 0. The lowest BCUT2D eigenvalue weighted by molar-refractivity contribution is -0.139. The highest BCUT2D eigenvalue weighted by molar-refractivity contribution is 7.13. The van der Waals surface area contributed by atoms with E-state index in [4.69, 9.17) is 9.26 Å². The molecule has 1 saturated carbocycles. The summed E-state index contributed by atoms with van der Waals surface area (Å²) in [7, 11) is 0. The van der Waals surface area contributed by atoms with Gasteiger partial charge in [-0.05, 0) is 44.4 Å². The molecule has 0 amide bonds. The summed E-state index contributed by atoms with van der Waals surface area (Å²) in [5.41, 5.74) is -0.334. The number of thiazole rings is 1. The maximum Gasteiger partial charge on any atom is 0.392 e. The third-order valence-electron chi connectivity index (χ3n) is 7.01. The number of hydrogen-bond donors (Lipinski definition) is 0. The van der Waals surface area contributed by atoms with E-state index in [1.807, 2.05) is 0 Å². The number of ketones is 1. The zero-order valence-corrected chi connectivity index (χ0v) is 21.2. The SMILES string of the molecule is Cc1nc(CC(=O)CC2CCC(F)(CCN3CCc4nc(OCCC(F)(F)F)sc4CC3)CC2)no1. The highest BCUT2D eigenvalue weighted by Gasteiger charge is 2.36. The summed E-state index contributed by atoms with van der Waals surface area (Å²) >= 11 is 1.31. The molecule has 12 heteroatoms. The minimum absolute atomic E-state index is 0.0618. The maximum atomic E-state index is 15.5. The van der Waals surface area contributed by atoms with Crippen molar-refractivity contribution in [3.8, 4) is 5.19 Å². The van der Waals surface area contributed by atoms with Crippen molar-refractivity contribution in [1.29, 1.82) is 0 Å². The molecule has 200 valence electrons. The number of carbonyl (C=O) groups is 1. The van der Waals surface area contributed by atoms with Gasteiger partial charge in [-0.25, -0.2) is 9.37 Å². The Bertz CT molecular complexity index is 992. The highest BCUT2D eigenvalue weighted by Crippen LogP contribution is 2.39. The monoisotopic (exact) mass is 532 g/mol. The average Bonchev–Trinajstić information content (AvgIpc) is 3.34. The number of aryl methyl sites for hydroxylation is 1. The third kappa shape index (κ3) is 7.96. The number of alkyl halides is 4. The van der Waals surface area contributed by atoms with Crippen molar-refractivity contribution in [2.24, 2.45) is 5.92 Å². The lowest BCUT2D eigenvalue weighted by Crippen LogP contribution is -2.36. The molecule has 7 nitrogen and oxygen atoms in total.